The maximum atomic E-state index is 11.8. The van der Waals surface area contributed by atoms with Gasteiger partial charge in [-0.3, -0.25) is 9.59 Å². The molecule has 1 saturated carbocycles. The van der Waals surface area contributed by atoms with Gasteiger partial charge in [-0.15, -0.1) is 12.3 Å². The lowest BCUT2D eigenvalue weighted by molar-refractivity contribution is -0.140. The highest BCUT2D eigenvalue weighted by atomic mass is 16.4. The summed E-state index contributed by atoms with van der Waals surface area (Å²) in [6.45, 7) is 4.20. The number of carboxylic acids is 1. The largest absolute Gasteiger partial charge is 0.481 e. The minimum absolute atomic E-state index is 0.150. The molecule has 0 spiro atoms. The van der Waals surface area contributed by atoms with Crippen molar-refractivity contribution in [2.45, 2.75) is 33.1 Å². The fourth-order valence-corrected chi connectivity index (χ4v) is 2.26. The molecule has 4 heteroatoms. The lowest BCUT2D eigenvalue weighted by Crippen LogP contribution is -2.28. The number of hydrogen-bond donors (Lipinski definition) is 2. The Labute approximate surface area is 102 Å². The van der Waals surface area contributed by atoms with E-state index < -0.39 is 23.2 Å². The Balaban J connectivity index is 2.31. The molecule has 2 atom stereocenters. The Morgan fingerprint density at radius 2 is 2.00 bits per heavy atom. The third-order valence-electron chi connectivity index (χ3n) is 3.42. The first-order chi connectivity index (χ1) is 7.92. The van der Waals surface area contributed by atoms with Crippen molar-refractivity contribution in [2.24, 2.45) is 17.3 Å². The number of terminal acetylenes is 1. The number of carbonyl (C=O) groups is 2. The number of rotatable bonds is 6. The highest BCUT2D eigenvalue weighted by Gasteiger charge is 2.65. The summed E-state index contributed by atoms with van der Waals surface area (Å²) in [7, 11) is 0. The van der Waals surface area contributed by atoms with E-state index in [0.717, 1.165) is 12.8 Å². The molecule has 1 amide bonds. The summed E-state index contributed by atoms with van der Waals surface area (Å²) in [5, 5.41) is 11.7. The number of nitrogens with one attached hydrogen (secondary N) is 1. The molecular weight excluding hydrogens is 218 g/mol. The molecule has 0 aromatic rings. The monoisotopic (exact) mass is 237 g/mol. The van der Waals surface area contributed by atoms with Crippen molar-refractivity contribution in [1.29, 1.82) is 0 Å². The molecule has 1 rings (SSSR count). The third-order valence-corrected chi connectivity index (χ3v) is 3.42. The van der Waals surface area contributed by atoms with Gasteiger partial charge in [0.15, 0.2) is 0 Å². The van der Waals surface area contributed by atoms with E-state index in [1.165, 1.54) is 0 Å². The fraction of sp³-hybridized carbons (Fsp3) is 0.692. The zero-order chi connectivity index (χ0) is 13.1. The molecule has 0 aromatic carbocycles. The smallest absolute Gasteiger partial charge is 0.307 e. The summed E-state index contributed by atoms with van der Waals surface area (Å²) in [4.78, 5) is 22.7. The van der Waals surface area contributed by atoms with E-state index in [2.05, 4.69) is 11.2 Å². The number of carboxylic acid groups (broad SMARTS) is 1. The average Bonchev–Trinajstić information content (AvgIpc) is 2.81. The summed E-state index contributed by atoms with van der Waals surface area (Å²) in [6, 6.07) is 0. The normalized spacial score (nSPS) is 24.8. The predicted molar refractivity (Wildman–Crippen MR) is 64.1 cm³/mol. The quantitative estimate of drug-likeness (QED) is 0.540. The van der Waals surface area contributed by atoms with Gasteiger partial charge in [-0.1, -0.05) is 13.8 Å². The third kappa shape index (κ3) is 3.00. The van der Waals surface area contributed by atoms with Gasteiger partial charge in [-0.25, -0.2) is 0 Å². The van der Waals surface area contributed by atoms with E-state index in [-0.39, 0.29) is 5.91 Å². The second kappa shape index (κ2) is 5.22. The topological polar surface area (TPSA) is 66.4 Å². The molecular formula is C13H19NO3. The Morgan fingerprint density at radius 1 is 1.35 bits per heavy atom. The van der Waals surface area contributed by atoms with E-state index in [4.69, 9.17) is 11.5 Å². The SMILES string of the molecule is C#CCCCCNC(=O)C1C(C(=O)O)C1(C)C. The molecule has 0 bridgehead atoms. The molecule has 0 aliphatic heterocycles. The maximum absolute atomic E-state index is 11.8. The molecule has 1 aliphatic carbocycles. The Bertz CT molecular complexity index is 354. The molecule has 1 fully saturated rings. The van der Waals surface area contributed by atoms with Gasteiger partial charge in [0.25, 0.3) is 0 Å². The lowest BCUT2D eigenvalue weighted by atomic mass is 10.1. The van der Waals surface area contributed by atoms with Crippen LogP contribution in [0.2, 0.25) is 0 Å². The number of unbranched alkanes of at least 4 members (excludes halogenated alkanes) is 2. The van der Waals surface area contributed by atoms with E-state index >= 15 is 0 Å². The Morgan fingerprint density at radius 3 is 2.47 bits per heavy atom. The van der Waals surface area contributed by atoms with Gasteiger partial charge in [0.2, 0.25) is 5.91 Å². The number of aliphatic carboxylic acids is 1. The van der Waals surface area contributed by atoms with Gasteiger partial charge < -0.3 is 10.4 Å². The van der Waals surface area contributed by atoms with Crippen LogP contribution in [-0.2, 0) is 9.59 Å². The molecule has 0 aromatic heterocycles. The first-order valence-corrected chi connectivity index (χ1v) is 5.87. The molecule has 0 heterocycles. The van der Waals surface area contributed by atoms with Gasteiger partial charge in [0.1, 0.15) is 0 Å². The summed E-state index contributed by atoms with van der Waals surface area (Å²) in [5.74, 6) is 0.555. The van der Waals surface area contributed by atoms with E-state index in [9.17, 15) is 9.59 Å². The summed E-state index contributed by atoms with van der Waals surface area (Å²) in [6.07, 6.45) is 7.54. The standard InChI is InChI=1S/C13H19NO3/c1-4-5-6-7-8-14-11(15)9-10(12(16)17)13(9,2)3/h1,9-10H,5-8H2,2-3H3,(H,14,15)(H,16,17). The van der Waals surface area contributed by atoms with Gasteiger partial charge in [-0.05, 0) is 18.3 Å². The van der Waals surface area contributed by atoms with Crippen LogP contribution in [0.1, 0.15) is 33.1 Å². The van der Waals surface area contributed by atoms with Crippen LogP contribution in [0.5, 0.6) is 0 Å². The predicted octanol–water partition coefficient (Wildman–Crippen LogP) is 1.26. The fourth-order valence-electron chi connectivity index (χ4n) is 2.26. The van der Waals surface area contributed by atoms with Crippen LogP contribution < -0.4 is 5.32 Å². The van der Waals surface area contributed by atoms with Crippen LogP contribution >= 0.6 is 0 Å². The van der Waals surface area contributed by atoms with Gasteiger partial charge in [0.05, 0.1) is 11.8 Å². The van der Waals surface area contributed by atoms with Crippen LogP contribution in [0.15, 0.2) is 0 Å². The zero-order valence-corrected chi connectivity index (χ0v) is 10.3. The molecule has 94 valence electrons. The van der Waals surface area contributed by atoms with Gasteiger partial charge in [0, 0.05) is 13.0 Å². The molecule has 17 heavy (non-hydrogen) atoms. The first-order valence-electron chi connectivity index (χ1n) is 5.87. The molecule has 2 N–H and O–H groups in total. The van der Waals surface area contributed by atoms with Crippen molar-refractivity contribution in [3.63, 3.8) is 0 Å². The summed E-state index contributed by atoms with van der Waals surface area (Å²) < 4.78 is 0. The highest BCUT2D eigenvalue weighted by molar-refractivity contribution is 5.91. The van der Waals surface area contributed by atoms with Crippen LogP contribution in [0, 0.1) is 29.6 Å². The lowest BCUT2D eigenvalue weighted by Gasteiger charge is -2.05. The second-order valence-electron chi connectivity index (χ2n) is 5.07. The van der Waals surface area contributed by atoms with Crippen LogP contribution in [0.4, 0.5) is 0 Å². The van der Waals surface area contributed by atoms with E-state index in [1.807, 2.05) is 13.8 Å². The Kier molecular flexibility index (Phi) is 4.17. The minimum atomic E-state index is -0.887. The van der Waals surface area contributed by atoms with Crippen molar-refractivity contribution >= 4 is 11.9 Å². The van der Waals surface area contributed by atoms with E-state index in [1.54, 1.807) is 0 Å². The molecule has 0 saturated heterocycles. The van der Waals surface area contributed by atoms with Crippen molar-refractivity contribution in [2.75, 3.05) is 6.54 Å². The molecule has 2 unspecified atom stereocenters. The first kappa shape index (κ1) is 13.6. The minimum Gasteiger partial charge on any atom is -0.481 e. The summed E-state index contributed by atoms with van der Waals surface area (Å²) in [5.41, 5.74) is -0.422. The van der Waals surface area contributed by atoms with Crippen molar-refractivity contribution < 1.29 is 14.7 Å². The van der Waals surface area contributed by atoms with Gasteiger partial charge >= 0.3 is 5.97 Å². The molecule has 4 nitrogen and oxygen atoms in total. The van der Waals surface area contributed by atoms with Crippen molar-refractivity contribution in [3.8, 4) is 12.3 Å². The molecule has 0 radical (unpaired) electrons. The van der Waals surface area contributed by atoms with Crippen LogP contribution in [-0.4, -0.2) is 23.5 Å². The maximum Gasteiger partial charge on any atom is 0.307 e. The highest BCUT2D eigenvalue weighted by Crippen LogP contribution is 2.58. The molecule has 1 aliphatic rings. The van der Waals surface area contributed by atoms with E-state index in [0.29, 0.717) is 13.0 Å². The second-order valence-corrected chi connectivity index (χ2v) is 5.07. The Hall–Kier alpha value is -1.50. The van der Waals surface area contributed by atoms with Crippen molar-refractivity contribution in [3.05, 3.63) is 0 Å². The summed E-state index contributed by atoms with van der Waals surface area (Å²) >= 11 is 0. The number of amides is 1. The van der Waals surface area contributed by atoms with Crippen LogP contribution in [0.25, 0.3) is 0 Å². The van der Waals surface area contributed by atoms with Crippen molar-refractivity contribution in [1.82, 2.24) is 5.32 Å². The number of carbonyl (C=O) groups excluding carboxylic acids is 1. The zero-order valence-electron chi connectivity index (χ0n) is 10.3. The van der Waals surface area contributed by atoms with Crippen LogP contribution in [0.3, 0.4) is 0 Å². The average molecular weight is 237 g/mol. The number of hydrogen-bond acceptors (Lipinski definition) is 2. The van der Waals surface area contributed by atoms with Gasteiger partial charge in [-0.2, -0.15) is 0 Å².